The molecule has 0 aromatic heterocycles. The molecule has 0 unspecified atom stereocenters. The van der Waals surface area contributed by atoms with Crippen molar-refractivity contribution in [1.82, 2.24) is 5.32 Å². The van der Waals surface area contributed by atoms with Gasteiger partial charge in [-0.2, -0.15) is 0 Å². The van der Waals surface area contributed by atoms with Gasteiger partial charge in [-0.15, -0.1) is 0 Å². The van der Waals surface area contributed by atoms with E-state index in [0.29, 0.717) is 6.42 Å². The molecule has 1 aromatic carbocycles. The molecule has 6 nitrogen and oxygen atoms in total. The molecule has 0 spiro atoms. The minimum absolute atomic E-state index is 0.202. The van der Waals surface area contributed by atoms with Crippen molar-refractivity contribution in [3.63, 3.8) is 0 Å². The maximum atomic E-state index is 12.6. The van der Waals surface area contributed by atoms with Gasteiger partial charge < -0.3 is 19.5 Å². The van der Waals surface area contributed by atoms with Crippen molar-refractivity contribution in [1.29, 1.82) is 0 Å². The van der Waals surface area contributed by atoms with Gasteiger partial charge in [0.1, 0.15) is 29.6 Å². The molecule has 6 heteroatoms. The topological polar surface area (TPSA) is 73.9 Å². The third kappa shape index (κ3) is 6.77. The molecule has 1 aliphatic rings. The van der Waals surface area contributed by atoms with Gasteiger partial charge in [0.2, 0.25) is 0 Å². The van der Waals surface area contributed by atoms with Gasteiger partial charge in [0.25, 0.3) is 0 Å². The maximum Gasteiger partial charge on any atom is 0.408 e. The van der Waals surface area contributed by atoms with Crippen LogP contribution in [0.4, 0.5) is 4.79 Å². The standard InChI is InChI=1S/C21H31NO5/c1-14-10-9-13-17(22-20(24)27-21(3,4)5)19(23)25-15(2)18(14)26-16-11-7-6-8-12-16/h6-8,11-12,14-15,17-18H,9-10,13H2,1-5H3,(H,22,24)/t14-,15-,17-,18+/m0/s1. The van der Waals surface area contributed by atoms with E-state index in [0.717, 1.165) is 18.6 Å². The average Bonchev–Trinajstić information content (AvgIpc) is 2.61. The minimum atomic E-state index is -0.718. The number of ether oxygens (including phenoxy) is 3. The van der Waals surface area contributed by atoms with Crippen LogP contribution in [-0.4, -0.2) is 35.9 Å². The molecule has 2 rings (SSSR count). The Balaban J connectivity index is 2.05. The van der Waals surface area contributed by atoms with E-state index in [1.165, 1.54) is 0 Å². The summed E-state index contributed by atoms with van der Waals surface area (Å²) < 4.78 is 17.0. The van der Waals surface area contributed by atoms with Crippen LogP contribution in [0.25, 0.3) is 0 Å². The molecule has 1 heterocycles. The molecule has 1 aromatic rings. The van der Waals surface area contributed by atoms with Crippen molar-refractivity contribution in [2.75, 3.05) is 0 Å². The van der Waals surface area contributed by atoms with Gasteiger partial charge in [-0.3, -0.25) is 0 Å². The molecular formula is C21H31NO5. The lowest BCUT2D eigenvalue weighted by Gasteiger charge is -2.29. The lowest BCUT2D eigenvalue weighted by molar-refractivity contribution is -0.156. The lowest BCUT2D eigenvalue weighted by atomic mass is 9.94. The molecule has 0 saturated carbocycles. The van der Waals surface area contributed by atoms with Crippen molar-refractivity contribution >= 4 is 12.1 Å². The van der Waals surface area contributed by atoms with Crippen molar-refractivity contribution in [3.8, 4) is 5.75 Å². The van der Waals surface area contributed by atoms with E-state index in [4.69, 9.17) is 14.2 Å². The highest BCUT2D eigenvalue weighted by Crippen LogP contribution is 2.25. The van der Waals surface area contributed by atoms with Crippen LogP contribution in [0, 0.1) is 5.92 Å². The second-order valence-corrected chi connectivity index (χ2v) is 8.14. The summed E-state index contributed by atoms with van der Waals surface area (Å²) >= 11 is 0. The van der Waals surface area contributed by atoms with Crippen molar-refractivity contribution in [2.24, 2.45) is 5.92 Å². The van der Waals surface area contributed by atoms with Crippen LogP contribution in [0.3, 0.4) is 0 Å². The number of para-hydroxylation sites is 1. The smallest absolute Gasteiger partial charge is 0.408 e. The van der Waals surface area contributed by atoms with Crippen LogP contribution in [-0.2, 0) is 14.3 Å². The number of rotatable bonds is 3. The SMILES string of the molecule is C[C@@H]1OC(=O)[C@@H](NC(=O)OC(C)(C)C)CCC[C@H](C)[C@H]1Oc1ccccc1. The molecule has 1 fully saturated rings. The predicted molar refractivity (Wildman–Crippen MR) is 103 cm³/mol. The summed E-state index contributed by atoms with van der Waals surface area (Å²) in [5, 5.41) is 2.64. The Morgan fingerprint density at radius 1 is 1.15 bits per heavy atom. The maximum absolute atomic E-state index is 12.6. The minimum Gasteiger partial charge on any atom is -0.486 e. The van der Waals surface area contributed by atoms with Crippen LogP contribution < -0.4 is 10.1 Å². The summed E-state index contributed by atoms with van der Waals surface area (Å²) in [6.07, 6.45) is 0.850. The number of esters is 1. The normalized spacial score (nSPS) is 26.8. The number of carbonyl (C=O) groups excluding carboxylic acids is 2. The van der Waals surface area contributed by atoms with Crippen LogP contribution in [0.2, 0.25) is 0 Å². The highest BCUT2D eigenvalue weighted by atomic mass is 16.6. The van der Waals surface area contributed by atoms with Gasteiger partial charge in [-0.25, -0.2) is 9.59 Å². The highest BCUT2D eigenvalue weighted by molar-refractivity contribution is 5.81. The van der Waals surface area contributed by atoms with E-state index < -0.39 is 29.8 Å². The molecule has 1 aliphatic heterocycles. The third-order valence-corrected chi connectivity index (χ3v) is 4.47. The fraction of sp³-hybridized carbons (Fsp3) is 0.619. The molecule has 0 radical (unpaired) electrons. The third-order valence-electron chi connectivity index (χ3n) is 4.47. The average molecular weight is 377 g/mol. The molecule has 1 saturated heterocycles. The van der Waals surface area contributed by atoms with Gasteiger partial charge in [0, 0.05) is 0 Å². The highest BCUT2D eigenvalue weighted by Gasteiger charge is 2.34. The summed E-state index contributed by atoms with van der Waals surface area (Å²) in [6, 6.07) is 8.81. The first-order valence-corrected chi connectivity index (χ1v) is 9.57. The number of cyclic esters (lactones) is 1. The van der Waals surface area contributed by atoms with Gasteiger partial charge in [-0.05, 0) is 58.6 Å². The van der Waals surface area contributed by atoms with Gasteiger partial charge in [0.15, 0.2) is 0 Å². The fourth-order valence-corrected chi connectivity index (χ4v) is 3.17. The van der Waals surface area contributed by atoms with Crippen molar-refractivity contribution in [2.45, 2.75) is 77.7 Å². The van der Waals surface area contributed by atoms with Crippen molar-refractivity contribution in [3.05, 3.63) is 30.3 Å². The quantitative estimate of drug-likeness (QED) is 0.804. The molecule has 1 amide bonds. The molecule has 0 aliphatic carbocycles. The van der Waals surface area contributed by atoms with Crippen LogP contribution in [0.15, 0.2) is 30.3 Å². The van der Waals surface area contributed by atoms with E-state index in [2.05, 4.69) is 12.2 Å². The Hall–Kier alpha value is -2.24. The number of carbonyl (C=O) groups is 2. The lowest BCUT2D eigenvalue weighted by Crippen LogP contribution is -2.46. The summed E-state index contributed by atoms with van der Waals surface area (Å²) in [5.74, 6) is 0.498. The van der Waals surface area contributed by atoms with E-state index in [1.807, 2.05) is 37.3 Å². The molecule has 27 heavy (non-hydrogen) atoms. The summed E-state index contributed by atoms with van der Waals surface area (Å²) in [4.78, 5) is 24.6. The first-order valence-electron chi connectivity index (χ1n) is 9.57. The summed E-state index contributed by atoms with van der Waals surface area (Å²) in [6.45, 7) is 9.27. The molecule has 1 N–H and O–H groups in total. The van der Waals surface area contributed by atoms with Gasteiger partial charge >= 0.3 is 12.1 Å². The number of nitrogens with one attached hydrogen (secondary N) is 1. The first kappa shape index (κ1) is 21.1. The Labute approximate surface area is 161 Å². The van der Waals surface area contributed by atoms with Crippen LogP contribution >= 0.6 is 0 Å². The van der Waals surface area contributed by atoms with Crippen LogP contribution in [0.1, 0.15) is 53.9 Å². The zero-order valence-electron chi connectivity index (χ0n) is 16.9. The molecule has 150 valence electrons. The number of alkyl carbamates (subject to hydrolysis) is 1. The fourth-order valence-electron chi connectivity index (χ4n) is 3.17. The number of benzene rings is 1. The molecule has 0 bridgehead atoms. The summed E-state index contributed by atoms with van der Waals surface area (Å²) in [5.41, 5.74) is -0.622. The zero-order chi connectivity index (χ0) is 20.0. The number of hydrogen-bond donors (Lipinski definition) is 1. The van der Waals surface area contributed by atoms with E-state index in [9.17, 15) is 9.59 Å². The Morgan fingerprint density at radius 3 is 2.44 bits per heavy atom. The second kappa shape index (κ2) is 9.11. The number of hydrogen-bond acceptors (Lipinski definition) is 5. The summed E-state index contributed by atoms with van der Waals surface area (Å²) in [7, 11) is 0. The van der Waals surface area contributed by atoms with Crippen molar-refractivity contribution < 1.29 is 23.8 Å². The first-order chi connectivity index (χ1) is 12.7. The number of amides is 1. The van der Waals surface area contributed by atoms with E-state index in [-0.39, 0.29) is 12.0 Å². The zero-order valence-corrected chi connectivity index (χ0v) is 16.9. The Bertz CT molecular complexity index is 625. The molecular weight excluding hydrogens is 346 g/mol. The largest absolute Gasteiger partial charge is 0.486 e. The monoisotopic (exact) mass is 377 g/mol. The molecule has 4 atom stereocenters. The Morgan fingerprint density at radius 2 is 1.81 bits per heavy atom. The predicted octanol–water partition coefficient (Wildman–Crippen LogP) is 4.08. The van der Waals surface area contributed by atoms with Crippen LogP contribution in [0.5, 0.6) is 5.75 Å². The Kier molecular flexibility index (Phi) is 7.11. The van der Waals surface area contributed by atoms with E-state index >= 15 is 0 Å². The van der Waals surface area contributed by atoms with Gasteiger partial charge in [-0.1, -0.05) is 31.5 Å². The second-order valence-electron chi connectivity index (χ2n) is 8.14. The van der Waals surface area contributed by atoms with Gasteiger partial charge in [0.05, 0.1) is 0 Å². The van der Waals surface area contributed by atoms with E-state index in [1.54, 1.807) is 20.8 Å².